The fraction of sp³-hybridized carbons (Fsp3) is 0.444. The van der Waals surface area contributed by atoms with E-state index in [0.717, 1.165) is 39.2 Å². The lowest BCUT2D eigenvalue weighted by Gasteiger charge is -2.33. The third kappa shape index (κ3) is 7.41. The molecule has 2 aliphatic heterocycles. The van der Waals surface area contributed by atoms with Gasteiger partial charge in [0.1, 0.15) is 18.2 Å². The number of ether oxygens (including phenoxy) is 1. The Balaban J connectivity index is 1.34. The fourth-order valence-corrected chi connectivity index (χ4v) is 6.43. The van der Waals surface area contributed by atoms with Crippen LogP contribution in [0.15, 0.2) is 42.6 Å². The Kier molecular flexibility index (Phi) is 9.39. The molecule has 0 amide bonds. The highest BCUT2D eigenvalue weighted by Gasteiger charge is 2.30. The Hall–Kier alpha value is -2.76. The minimum absolute atomic E-state index is 0.162. The van der Waals surface area contributed by atoms with Gasteiger partial charge < -0.3 is 15.0 Å². The number of benzene rings is 1. The van der Waals surface area contributed by atoms with E-state index in [1.807, 2.05) is 12.1 Å². The maximum Gasteiger partial charge on any atom is 0.416 e. The first-order valence-corrected chi connectivity index (χ1v) is 16.8. The highest BCUT2D eigenvalue weighted by Crippen LogP contribution is 2.33. The van der Waals surface area contributed by atoms with Gasteiger partial charge in [-0.05, 0) is 36.8 Å². The van der Waals surface area contributed by atoms with E-state index in [1.54, 1.807) is 6.20 Å². The molecule has 15 heteroatoms. The molecule has 2 aliphatic rings. The summed E-state index contributed by atoms with van der Waals surface area (Å²) in [5, 5.41) is 3.18. The van der Waals surface area contributed by atoms with Crippen molar-refractivity contribution < 1.29 is 26.3 Å². The molecule has 5 rings (SSSR count). The van der Waals surface area contributed by atoms with E-state index < -0.39 is 21.8 Å². The summed E-state index contributed by atoms with van der Waals surface area (Å²) in [4.78, 5) is 18.2. The first-order chi connectivity index (χ1) is 20.0. The molecule has 42 heavy (non-hydrogen) atoms. The van der Waals surface area contributed by atoms with Gasteiger partial charge in [-0.1, -0.05) is 28.7 Å². The van der Waals surface area contributed by atoms with Crippen molar-refractivity contribution in [3.63, 3.8) is 0 Å². The molecule has 0 aliphatic carbocycles. The molecule has 0 spiro atoms. The van der Waals surface area contributed by atoms with Crippen molar-refractivity contribution in [3.8, 4) is 6.01 Å². The first kappa shape index (κ1) is 30.7. The number of aromatic nitrogens is 3. The van der Waals surface area contributed by atoms with Crippen LogP contribution in [0.25, 0.3) is 0 Å². The Morgan fingerprint density at radius 3 is 2.45 bits per heavy atom. The monoisotopic (exact) mass is 717 g/mol. The van der Waals surface area contributed by atoms with E-state index in [2.05, 4.69) is 47.7 Å². The van der Waals surface area contributed by atoms with Gasteiger partial charge in [-0.2, -0.15) is 27.4 Å². The second-order valence-corrected chi connectivity index (χ2v) is 12.9. The highest BCUT2D eigenvalue weighted by atomic mass is 127. The van der Waals surface area contributed by atoms with Gasteiger partial charge >= 0.3 is 12.2 Å². The standard InChI is InChI=1S/C27H31F3IN7O3S/c1-42(39,40)38-13-11-36(12-14-38)15-16-41-26-34-23-18-37(25-19(17-31)3-2-9-32-25)10-8-22(23)24(35-26)33-21-6-4-20(5-7-21)27(28,29)30/h2-7,9H,8,10-18H2,1H3,(H,33,34,35). The van der Waals surface area contributed by atoms with E-state index in [4.69, 9.17) is 9.72 Å². The van der Waals surface area contributed by atoms with Crippen molar-refractivity contribution in [3.05, 3.63) is 65.0 Å². The van der Waals surface area contributed by atoms with E-state index >= 15 is 0 Å². The Labute approximate surface area is 256 Å². The van der Waals surface area contributed by atoms with Crippen LogP contribution in [0.3, 0.4) is 0 Å². The Morgan fingerprint density at radius 1 is 1.05 bits per heavy atom. The molecule has 0 radical (unpaired) electrons. The number of halogens is 4. The van der Waals surface area contributed by atoms with Crippen molar-refractivity contribution in [2.24, 2.45) is 0 Å². The second kappa shape index (κ2) is 12.9. The molecule has 3 aromatic rings. The lowest BCUT2D eigenvalue weighted by Crippen LogP contribution is -2.49. The van der Waals surface area contributed by atoms with E-state index in [9.17, 15) is 21.6 Å². The maximum atomic E-state index is 13.1. The minimum Gasteiger partial charge on any atom is -0.462 e. The van der Waals surface area contributed by atoms with E-state index in [-0.39, 0.29) is 6.01 Å². The number of nitrogens with one attached hydrogen (secondary N) is 1. The second-order valence-electron chi connectivity index (χ2n) is 10.1. The van der Waals surface area contributed by atoms with Gasteiger partial charge in [0, 0.05) is 66.7 Å². The minimum atomic E-state index is -4.42. The summed E-state index contributed by atoms with van der Waals surface area (Å²) < 4.78 is 71.1. The number of sulfonamides is 1. The molecule has 1 fully saturated rings. The van der Waals surface area contributed by atoms with E-state index in [1.165, 1.54) is 22.7 Å². The van der Waals surface area contributed by atoms with Gasteiger partial charge in [0.05, 0.1) is 24.1 Å². The van der Waals surface area contributed by atoms with E-state index in [0.29, 0.717) is 70.3 Å². The van der Waals surface area contributed by atoms with Crippen molar-refractivity contribution in [1.82, 2.24) is 24.2 Å². The van der Waals surface area contributed by atoms with Gasteiger partial charge in [0.25, 0.3) is 0 Å². The van der Waals surface area contributed by atoms with Crippen LogP contribution < -0.4 is 15.0 Å². The third-order valence-corrected chi connectivity index (χ3v) is 9.39. The molecule has 1 aromatic carbocycles. The van der Waals surface area contributed by atoms with Crippen LogP contribution in [0, 0.1) is 0 Å². The Bertz CT molecular complexity index is 1500. The fourth-order valence-electron chi connectivity index (χ4n) is 5.01. The summed E-state index contributed by atoms with van der Waals surface area (Å²) in [7, 11) is -3.21. The molecule has 0 bridgehead atoms. The van der Waals surface area contributed by atoms with Crippen molar-refractivity contribution >= 4 is 49.9 Å². The maximum absolute atomic E-state index is 13.1. The van der Waals surface area contributed by atoms with Crippen LogP contribution in [-0.4, -0.2) is 84.7 Å². The molecule has 10 nitrogen and oxygen atoms in total. The van der Waals surface area contributed by atoms with Crippen molar-refractivity contribution in [1.29, 1.82) is 0 Å². The summed E-state index contributed by atoms with van der Waals surface area (Å²) in [6.45, 7) is 4.07. The SMILES string of the molecule is CS(=O)(=O)N1CCN(CCOc2nc3c(c(Nc4ccc(C(F)(F)F)cc4)n2)CCN(c2ncccc2CI)C3)CC1. The van der Waals surface area contributed by atoms with Crippen molar-refractivity contribution in [2.45, 2.75) is 23.6 Å². The number of piperazine rings is 1. The summed E-state index contributed by atoms with van der Waals surface area (Å²) in [5.74, 6) is 1.38. The van der Waals surface area contributed by atoms with Crippen LogP contribution >= 0.6 is 22.6 Å². The zero-order chi connectivity index (χ0) is 29.9. The summed E-state index contributed by atoms with van der Waals surface area (Å²) in [5.41, 5.74) is 2.50. The number of hydrogen-bond acceptors (Lipinski definition) is 9. The average molecular weight is 718 g/mol. The van der Waals surface area contributed by atoms with Crippen LogP contribution in [0.4, 0.5) is 30.5 Å². The molecule has 0 saturated carbocycles. The normalized spacial score (nSPS) is 16.7. The summed E-state index contributed by atoms with van der Waals surface area (Å²) >= 11 is 2.31. The van der Waals surface area contributed by atoms with Gasteiger partial charge in [-0.3, -0.25) is 4.90 Å². The quantitative estimate of drug-likeness (QED) is 0.259. The Morgan fingerprint density at radius 2 is 1.79 bits per heavy atom. The van der Waals surface area contributed by atoms with Crippen molar-refractivity contribution in [2.75, 3.05) is 62.3 Å². The van der Waals surface area contributed by atoms with Crippen LogP contribution in [0.2, 0.25) is 0 Å². The number of rotatable bonds is 9. The molecule has 1 N–H and O–H groups in total. The number of fused-ring (bicyclic) bond motifs is 1. The molecular weight excluding hydrogens is 686 g/mol. The smallest absolute Gasteiger partial charge is 0.416 e. The lowest BCUT2D eigenvalue weighted by molar-refractivity contribution is -0.137. The predicted octanol–water partition coefficient (Wildman–Crippen LogP) is 4.09. The van der Waals surface area contributed by atoms with Crippen LogP contribution in [-0.2, 0) is 33.6 Å². The summed E-state index contributed by atoms with van der Waals surface area (Å²) in [6.07, 6.45) is -0.826. The molecule has 226 valence electrons. The molecule has 4 heterocycles. The zero-order valence-electron chi connectivity index (χ0n) is 22.9. The largest absolute Gasteiger partial charge is 0.462 e. The number of nitrogens with zero attached hydrogens (tertiary/aromatic N) is 6. The molecule has 1 saturated heterocycles. The van der Waals surface area contributed by atoms with Crippen LogP contribution in [0.1, 0.15) is 22.4 Å². The van der Waals surface area contributed by atoms with Crippen LogP contribution in [0.5, 0.6) is 6.01 Å². The zero-order valence-corrected chi connectivity index (χ0v) is 25.9. The average Bonchev–Trinajstić information content (AvgIpc) is 2.96. The number of pyridine rings is 1. The molecular formula is C27H31F3IN7O3S. The number of anilines is 3. The van der Waals surface area contributed by atoms with Gasteiger partial charge in [0.15, 0.2) is 0 Å². The highest BCUT2D eigenvalue weighted by molar-refractivity contribution is 14.1. The molecule has 2 aromatic heterocycles. The third-order valence-electron chi connectivity index (χ3n) is 7.27. The van der Waals surface area contributed by atoms with Gasteiger partial charge in [0.2, 0.25) is 10.0 Å². The molecule has 0 atom stereocenters. The summed E-state index contributed by atoms with van der Waals surface area (Å²) in [6, 6.07) is 8.95. The first-order valence-electron chi connectivity index (χ1n) is 13.4. The van der Waals surface area contributed by atoms with Gasteiger partial charge in [-0.15, -0.1) is 0 Å². The van der Waals surface area contributed by atoms with Gasteiger partial charge in [-0.25, -0.2) is 13.4 Å². The topological polar surface area (TPSA) is 104 Å². The number of alkyl halides is 4. The number of hydrogen-bond donors (Lipinski definition) is 1. The molecule has 0 unspecified atom stereocenters. The predicted molar refractivity (Wildman–Crippen MR) is 162 cm³/mol. The lowest BCUT2D eigenvalue weighted by atomic mass is 10.0.